The normalized spacial score (nSPS) is 9.80. The quantitative estimate of drug-likeness (QED) is 0.878. The van der Waals surface area contributed by atoms with E-state index >= 15 is 0 Å². The lowest BCUT2D eigenvalue weighted by molar-refractivity contribution is -0.120. The first-order valence-corrected chi connectivity index (χ1v) is 7.84. The van der Waals surface area contributed by atoms with Crippen LogP contribution in [0.3, 0.4) is 0 Å². The molecule has 1 N–H and O–H groups in total. The number of rotatable bonds is 6. The largest absolute Gasteiger partial charge is 0.494 e. The number of anilines is 2. The lowest BCUT2D eigenvalue weighted by Gasteiger charge is -2.20. The summed E-state index contributed by atoms with van der Waals surface area (Å²) < 4.78 is 5.35. The highest BCUT2D eigenvalue weighted by atomic mass is 16.5. The number of hydrogen-bond donors (Lipinski definition) is 1. The summed E-state index contributed by atoms with van der Waals surface area (Å²) in [6, 6.07) is 15.5. The van der Waals surface area contributed by atoms with Crippen LogP contribution < -0.4 is 15.0 Å². The number of nitrogens with zero attached hydrogens (tertiary/aromatic N) is 2. The van der Waals surface area contributed by atoms with Gasteiger partial charge in [0.05, 0.1) is 18.2 Å². The van der Waals surface area contributed by atoms with Crippen LogP contribution in [-0.2, 0) is 9.59 Å². The minimum absolute atomic E-state index is 0.117. The van der Waals surface area contributed by atoms with Gasteiger partial charge < -0.3 is 15.0 Å². The van der Waals surface area contributed by atoms with Crippen molar-refractivity contribution in [1.82, 2.24) is 0 Å². The van der Waals surface area contributed by atoms with Crippen molar-refractivity contribution in [2.24, 2.45) is 0 Å². The van der Waals surface area contributed by atoms with E-state index in [9.17, 15) is 9.59 Å². The predicted molar refractivity (Wildman–Crippen MR) is 95.4 cm³/mol. The SMILES string of the molecule is CCOc1ccc(NC(=O)CN(C(C)=O)c2ccc(C#N)cc2)cc1. The molecule has 2 rings (SSSR count). The topological polar surface area (TPSA) is 82.4 Å². The number of benzene rings is 2. The molecule has 0 saturated carbocycles. The molecule has 6 heteroatoms. The molecular weight excluding hydrogens is 318 g/mol. The van der Waals surface area contributed by atoms with Crippen LogP contribution in [0.25, 0.3) is 0 Å². The fourth-order valence-electron chi connectivity index (χ4n) is 2.25. The third-order valence-electron chi connectivity index (χ3n) is 3.44. The van der Waals surface area contributed by atoms with Gasteiger partial charge in [0.25, 0.3) is 0 Å². The van der Waals surface area contributed by atoms with Crippen molar-refractivity contribution in [3.8, 4) is 11.8 Å². The van der Waals surface area contributed by atoms with Gasteiger partial charge in [0.1, 0.15) is 12.3 Å². The van der Waals surface area contributed by atoms with Crippen LogP contribution in [0.15, 0.2) is 48.5 Å². The van der Waals surface area contributed by atoms with E-state index < -0.39 is 0 Å². The molecule has 0 aliphatic carbocycles. The molecular formula is C19H19N3O3. The second kappa shape index (κ2) is 8.50. The Morgan fingerprint density at radius 3 is 2.28 bits per heavy atom. The maximum atomic E-state index is 12.2. The van der Waals surface area contributed by atoms with E-state index in [0.717, 1.165) is 5.75 Å². The molecule has 0 atom stereocenters. The first-order valence-electron chi connectivity index (χ1n) is 7.84. The summed E-state index contributed by atoms with van der Waals surface area (Å²) in [5.41, 5.74) is 1.68. The smallest absolute Gasteiger partial charge is 0.244 e. The molecule has 6 nitrogen and oxygen atoms in total. The monoisotopic (exact) mass is 337 g/mol. The van der Waals surface area contributed by atoms with Crippen molar-refractivity contribution in [3.63, 3.8) is 0 Å². The molecule has 0 unspecified atom stereocenters. The van der Waals surface area contributed by atoms with Gasteiger partial charge in [0, 0.05) is 18.3 Å². The van der Waals surface area contributed by atoms with E-state index in [-0.39, 0.29) is 18.4 Å². The zero-order valence-electron chi connectivity index (χ0n) is 14.2. The summed E-state index contributed by atoms with van der Waals surface area (Å²) in [6.07, 6.45) is 0. The van der Waals surface area contributed by atoms with Gasteiger partial charge in [-0.25, -0.2) is 0 Å². The zero-order chi connectivity index (χ0) is 18.2. The highest BCUT2D eigenvalue weighted by molar-refractivity contribution is 6.01. The summed E-state index contributed by atoms with van der Waals surface area (Å²) in [6.45, 7) is 3.75. The Morgan fingerprint density at radius 2 is 1.76 bits per heavy atom. The lowest BCUT2D eigenvalue weighted by Crippen LogP contribution is -2.36. The van der Waals surface area contributed by atoms with Gasteiger partial charge in [0.2, 0.25) is 11.8 Å². The number of carbonyl (C=O) groups is 2. The Hall–Kier alpha value is -3.33. The molecule has 0 heterocycles. The summed E-state index contributed by atoms with van der Waals surface area (Å²) in [7, 11) is 0. The van der Waals surface area contributed by atoms with Crippen molar-refractivity contribution in [1.29, 1.82) is 5.26 Å². The molecule has 2 aromatic carbocycles. The van der Waals surface area contributed by atoms with Crippen molar-refractivity contribution < 1.29 is 14.3 Å². The minimum atomic E-state index is -0.316. The first-order chi connectivity index (χ1) is 12.0. The molecule has 0 radical (unpaired) electrons. The van der Waals surface area contributed by atoms with Gasteiger partial charge in [-0.05, 0) is 55.5 Å². The molecule has 0 spiro atoms. The fourth-order valence-corrected chi connectivity index (χ4v) is 2.25. The first kappa shape index (κ1) is 18.0. The average molecular weight is 337 g/mol. The number of amides is 2. The number of nitrogens with one attached hydrogen (secondary N) is 1. The van der Waals surface area contributed by atoms with Crippen molar-refractivity contribution in [2.75, 3.05) is 23.4 Å². The van der Waals surface area contributed by atoms with Crippen LogP contribution in [0.2, 0.25) is 0 Å². The summed E-state index contributed by atoms with van der Waals surface area (Å²) in [4.78, 5) is 25.5. The van der Waals surface area contributed by atoms with E-state index in [0.29, 0.717) is 23.5 Å². The van der Waals surface area contributed by atoms with Gasteiger partial charge >= 0.3 is 0 Å². The summed E-state index contributed by atoms with van der Waals surface area (Å²) >= 11 is 0. The molecule has 2 aromatic rings. The fraction of sp³-hybridized carbons (Fsp3) is 0.211. The van der Waals surface area contributed by atoms with Crippen molar-refractivity contribution in [3.05, 3.63) is 54.1 Å². The third kappa shape index (κ3) is 5.08. The van der Waals surface area contributed by atoms with Gasteiger partial charge in [0.15, 0.2) is 0 Å². The Kier molecular flexibility index (Phi) is 6.13. The third-order valence-corrected chi connectivity index (χ3v) is 3.44. The minimum Gasteiger partial charge on any atom is -0.494 e. The molecule has 25 heavy (non-hydrogen) atoms. The van der Waals surface area contributed by atoms with Crippen LogP contribution in [-0.4, -0.2) is 25.0 Å². The van der Waals surface area contributed by atoms with Crippen LogP contribution in [0.1, 0.15) is 19.4 Å². The van der Waals surface area contributed by atoms with Crippen molar-refractivity contribution >= 4 is 23.2 Å². The van der Waals surface area contributed by atoms with Crippen LogP contribution in [0, 0.1) is 11.3 Å². The molecule has 0 aromatic heterocycles. The maximum Gasteiger partial charge on any atom is 0.244 e. The molecule has 128 valence electrons. The van der Waals surface area contributed by atoms with E-state index in [4.69, 9.17) is 10.00 Å². The van der Waals surface area contributed by atoms with Crippen LogP contribution in [0.4, 0.5) is 11.4 Å². The Bertz CT molecular complexity index is 777. The van der Waals surface area contributed by atoms with E-state index in [1.807, 2.05) is 13.0 Å². The molecule has 0 fully saturated rings. The Morgan fingerprint density at radius 1 is 1.12 bits per heavy atom. The van der Waals surface area contributed by atoms with E-state index in [2.05, 4.69) is 5.32 Å². The highest BCUT2D eigenvalue weighted by Crippen LogP contribution is 2.17. The van der Waals surface area contributed by atoms with Crippen LogP contribution in [0.5, 0.6) is 5.75 Å². The molecule has 0 bridgehead atoms. The number of carbonyl (C=O) groups excluding carboxylic acids is 2. The summed E-state index contributed by atoms with van der Waals surface area (Å²) in [5, 5.41) is 11.6. The van der Waals surface area contributed by atoms with E-state index in [1.54, 1.807) is 48.5 Å². The summed E-state index contributed by atoms with van der Waals surface area (Å²) in [5.74, 6) is 0.152. The second-order valence-electron chi connectivity index (χ2n) is 5.27. The number of ether oxygens (including phenoxy) is 1. The highest BCUT2D eigenvalue weighted by Gasteiger charge is 2.16. The standard InChI is InChI=1S/C19H19N3O3/c1-3-25-18-10-6-16(7-11-18)21-19(24)13-22(14(2)23)17-8-4-15(12-20)5-9-17/h4-11H,3,13H2,1-2H3,(H,21,24). The molecule has 2 amide bonds. The van der Waals surface area contributed by atoms with E-state index in [1.165, 1.54) is 11.8 Å². The zero-order valence-corrected chi connectivity index (χ0v) is 14.2. The predicted octanol–water partition coefficient (Wildman–Crippen LogP) is 2.95. The van der Waals surface area contributed by atoms with Gasteiger partial charge in [-0.15, -0.1) is 0 Å². The Labute approximate surface area is 146 Å². The Balaban J connectivity index is 2.04. The van der Waals surface area contributed by atoms with Gasteiger partial charge in [-0.3, -0.25) is 9.59 Å². The lowest BCUT2D eigenvalue weighted by atomic mass is 10.2. The average Bonchev–Trinajstić information content (AvgIpc) is 2.61. The van der Waals surface area contributed by atoms with Gasteiger partial charge in [-0.2, -0.15) is 5.26 Å². The molecule has 0 aliphatic rings. The van der Waals surface area contributed by atoms with Crippen LogP contribution >= 0.6 is 0 Å². The van der Waals surface area contributed by atoms with Gasteiger partial charge in [-0.1, -0.05) is 0 Å². The molecule has 0 saturated heterocycles. The molecule has 0 aliphatic heterocycles. The van der Waals surface area contributed by atoms with Crippen molar-refractivity contribution in [2.45, 2.75) is 13.8 Å². The second-order valence-corrected chi connectivity index (χ2v) is 5.27. The number of hydrogen-bond acceptors (Lipinski definition) is 4. The maximum absolute atomic E-state index is 12.2. The number of nitriles is 1.